The zero-order valence-electron chi connectivity index (χ0n) is 16.6. The lowest BCUT2D eigenvalue weighted by atomic mass is 10.1. The lowest BCUT2D eigenvalue weighted by molar-refractivity contribution is 0.122. The molecule has 4 rings (SSSR count). The topological polar surface area (TPSA) is 55.5 Å². The van der Waals surface area contributed by atoms with E-state index in [-0.39, 0.29) is 0 Å². The fraction of sp³-hybridized carbons (Fsp3) is 0.318. The summed E-state index contributed by atoms with van der Waals surface area (Å²) in [5.74, 6) is 0.799. The molecule has 0 aliphatic carbocycles. The third-order valence-electron chi connectivity index (χ3n) is 4.88. The Hall–Kier alpha value is -2.99. The number of aryl methyl sites for hydroxylation is 2. The predicted octanol–water partition coefficient (Wildman–Crippen LogP) is 4.11. The maximum atomic E-state index is 5.51. The van der Waals surface area contributed by atoms with Crippen LogP contribution in [0, 0.1) is 13.8 Å². The third-order valence-corrected chi connectivity index (χ3v) is 4.88. The number of rotatable bonds is 4. The quantitative estimate of drug-likeness (QED) is 0.644. The first-order chi connectivity index (χ1) is 13.7. The maximum absolute atomic E-state index is 5.51. The fourth-order valence-electron chi connectivity index (χ4n) is 3.49. The molecule has 0 atom stereocenters. The molecule has 0 radical (unpaired) electrons. The van der Waals surface area contributed by atoms with Crippen molar-refractivity contribution >= 4 is 17.6 Å². The van der Waals surface area contributed by atoms with Crippen LogP contribution in [0.2, 0.25) is 0 Å². The standard InChI is InChI=1S/C22H25N5O/c1-4-23-22-17(3)24-21(15-20(22)26-10-12-28-13-11-26)27-9-8-19(25-27)18-7-5-6-16(2)14-18/h4-9,14-15H,10-13H2,1-3H3. The molecule has 6 nitrogen and oxygen atoms in total. The van der Waals surface area contributed by atoms with Crippen molar-refractivity contribution in [2.75, 3.05) is 31.2 Å². The van der Waals surface area contributed by atoms with E-state index in [9.17, 15) is 0 Å². The van der Waals surface area contributed by atoms with Crippen LogP contribution in [0.5, 0.6) is 0 Å². The summed E-state index contributed by atoms with van der Waals surface area (Å²) in [6, 6.07) is 12.5. The minimum absolute atomic E-state index is 0.727. The van der Waals surface area contributed by atoms with Crippen molar-refractivity contribution in [3.63, 3.8) is 0 Å². The smallest absolute Gasteiger partial charge is 0.155 e. The molecule has 0 spiro atoms. The molecule has 6 heteroatoms. The van der Waals surface area contributed by atoms with Crippen molar-refractivity contribution < 1.29 is 4.74 Å². The van der Waals surface area contributed by atoms with E-state index >= 15 is 0 Å². The Kier molecular flexibility index (Phi) is 5.21. The van der Waals surface area contributed by atoms with E-state index in [1.165, 1.54) is 5.56 Å². The number of ether oxygens (including phenoxy) is 1. The molecule has 0 amide bonds. The van der Waals surface area contributed by atoms with Crippen molar-refractivity contribution in [1.82, 2.24) is 14.8 Å². The monoisotopic (exact) mass is 375 g/mol. The first kappa shape index (κ1) is 18.4. The lowest BCUT2D eigenvalue weighted by Gasteiger charge is -2.30. The summed E-state index contributed by atoms with van der Waals surface area (Å²) in [6.45, 7) is 9.17. The number of morpholine rings is 1. The molecule has 1 aliphatic rings. The number of pyridine rings is 1. The highest BCUT2D eigenvalue weighted by molar-refractivity contribution is 5.75. The van der Waals surface area contributed by atoms with Crippen LogP contribution in [0.15, 0.2) is 47.6 Å². The van der Waals surface area contributed by atoms with E-state index < -0.39 is 0 Å². The van der Waals surface area contributed by atoms with Crippen LogP contribution in [0.4, 0.5) is 11.4 Å². The van der Waals surface area contributed by atoms with Crippen molar-refractivity contribution in [3.8, 4) is 17.1 Å². The van der Waals surface area contributed by atoms with Gasteiger partial charge in [-0.25, -0.2) is 9.67 Å². The van der Waals surface area contributed by atoms with E-state index in [0.29, 0.717) is 0 Å². The van der Waals surface area contributed by atoms with Crippen molar-refractivity contribution in [2.24, 2.45) is 4.99 Å². The van der Waals surface area contributed by atoms with Gasteiger partial charge in [-0.2, -0.15) is 5.10 Å². The van der Waals surface area contributed by atoms with Crippen LogP contribution >= 0.6 is 0 Å². The molecule has 0 unspecified atom stereocenters. The van der Waals surface area contributed by atoms with Crippen LogP contribution in [-0.4, -0.2) is 47.3 Å². The number of hydrogen-bond acceptors (Lipinski definition) is 5. The zero-order chi connectivity index (χ0) is 19.5. The predicted molar refractivity (Wildman–Crippen MR) is 113 cm³/mol. The number of anilines is 1. The molecule has 144 valence electrons. The highest BCUT2D eigenvalue weighted by Gasteiger charge is 2.19. The fourth-order valence-corrected chi connectivity index (χ4v) is 3.49. The van der Waals surface area contributed by atoms with Gasteiger partial charge in [0.25, 0.3) is 0 Å². The van der Waals surface area contributed by atoms with E-state index in [2.05, 4.69) is 47.1 Å². The molecular formula is C22H25N5O. The Bertz CT molecular complexity index is 1000. The van der Waals surface area contributed by atoms with E-state index in [1.54, 1.807) is 0 Å². The second kappa shape index (κ2) is 7.94. The summed E-state index contributed by atoms with van der Waals surface area (Å²) in [6.07, 6.45) is 3.78. The summed E-state index contributed by atoms with van der Waals surface area (Å²) in [5, 5.41) is 4.77. The second-order valence-electron chi connectivity index (χ2n) is 6.94. The second-order valence-corrected chi connectivity index (χ2v) is 6.94. The summed E-state index contributed by atoms with van der Waals surface area (Å²) in [4.78, 5) is 11.7. The minimum Gasteiger partial charge on any atom is -0.378 e. The average molecular weight is 375 g/mol. The van der Waals surface area contributed by atoms with Gasteiger partial charge in [0, 0.05) is 37.1 Å². The Labute approximate surface area is 165 Å². The average Bonchev–Trinajstić information content (AvgIpc) is 3.20. The van der Waals surface area contributed by atoms with Crippen molar-refractivity contribution in [1.29, 1.82) is 0 Å². The number of nitrogens with zero attached hydrogens (tertiary/aromatic N) is 5. The highest BCUT2D eigenvalue weighted by Crippen LogP contribution is 2.33. The molecule has 3 heterocycles. The zero-order valence-corrected chi connectivity index (χ0v) is 16.6. The number of hydrogen-bond donors (Lipinski definition) is 0. The molecule has 2 aromatic heterocycles. The van der Waals surface area contributed by atoms with E-state index in [0.717, 1.165) is 60.4 Å². The van der Waals surface area contributed by atoms with Gasteiger partial charge < -0.3 is 9.64 Å². The van der Waals surface area contributed by atoms with Crippen molar-refractivity contribution in [3.05, 3.63) is 53.9 Å². The van der Waals surface area contributed by atoms with Gasteiger partial charge in [-0.3, -0.25) is 4.99 Å². The Morgan fingerprint density at radius 1 is 1.11 bits per heavy atom. The van der Waals surface area contributed by atoms with Crippen LogP contribution in [0.3, 0.4) is 0 Å². The Balaban J connectivity index is 1.75. The normalized spacial score (nSPS) is 14.8. The molecule has 3 aromatic rings. The van der Waals surface area contributed by atoms with Crippen LogP contribution in [0.25, 0.3) is 17.1 Å². The first-order valence-electron chi connectivity index (χ1n) is 9.62. The van der Waals surface area contributed by atoms with Gasteiger partial charge in [-0.15, -0.1) is 0 Å². The van der Waals surface area contributed by atoms with Crippen molar-refractivity contribution in [2.45, 2.75) is 20.8 Å². The molecule has 0 bridgehead atoms. The summed E-state index contributed by atoms with van der Waals surface area (Å²) in [5.41, 5.74) is 6.15. The number of benzene rings is 1. The van der Waals surface area contributed by atoms with Crippen LogP contribution in [-0.2, 0) is 4.74 Å². The van der Waals surface area contributed by atoms with Gasteiger partial charge >= 0.3 is 0 Å². The van der Waals surface area contributed by atoms with Crippen LogP contribution in [0.1, 0.15) is 18.2 Å². The van der Waals surface area contributed by atoms with Gasteiger partial charge in [-0.1, -0.05) is 23.8 Å². The third kappa shape index (κ3) is 3.68. The molecule has 1 saturated heterocycles. The largest absolute Gasteiger partial charge is 0.378 e. The van der Waals surface area contributed by atoms with Gasteiger partial charge in [0.15, 0.2) is 5.82 Å². The summed E-state index contributed by atoms with van der Waals surface area (Å²) in [7, 11) is 0. The molecule has 1 aromatic carbocycles. The van der Waals surface area contributed by atoms with Gasteiger partial charge in [0.1, 0.15) is 5.69 Å². The van der Waals surface area contributed by atoms with E-state index in [4.69, 9.17) is 14.8 Å². The van der Waals surface area contributed by atoms with Gasteiger partial charge in [-0.05, 0) is 32.9 Å². The molecule has 1 aliphatic heterocycles. The molecule has 0 N–H and O–H groups in total. The molecule has 28 heavy (non-hydrogen) atoms. The number of aliphatic imine (C=N–C) groups is 1. The van der Waals surface area contributed by atoms with Gasteiger partial charge in [0.2, 0.25) is 0 Å². The summed E-state index contributed by atoms with van der Waals surface area (Å²) < 4.78 is 7.36. The molecule has 1 fully saturated rings. The highest BCUT2D eigenvalue weighted by atomic mass is 16.5. The number of aromatic nitrogens is 3. The maximum Gasteiger partial charge on any atom is 0.155 e. The minimum atomic E-state index is 0.727. The van der Waals surface area contributed by atoms with Crippen LogP contribution < -0.4 is 4.90 Å². The first-order valence-corrected chi connectivity index (χ1v) is 9.62. The Morgan fingerprint density at radius 2 is 1.93 bits per heavy atom. The molecule has 0 saturated carbocycles. The lowest BCUT2D eigenvalue weighted by Crippen LogP contribution is -2.36. The summed E-state index contributed by atoms with van der Waals surface area (Å²) >= 11 is 0. The molecular weight excluding hydrogens is 350 g/mol. The van der Waals surface area contributed by atoms with E-state index in [1.807, 2.05) is 37.0 Å². The van der Waals surface area contributed by atoms with Gasteiger partial charge in [0.05, 0.1) is 30.3 Å². The Morgan fingerprint density at radius 3 is 2.68 bits per heavy atom. The SMILES string of the molecule is CC=Nc1c(N2CCOCC2)cc(-n2ccc(-c3cccc(C)c3)n2)nc1C.